The zero-order valence-electron chi connectivity index (χ0n) is 12.8. The Labute approximate surface area is 135 Å². The average Bonchev–Trinajstić information content (AvgIpc) is 3.09. The summed E-state index contributed by atoms with van der Waals surface area (Å²) in [5.41, 5.74) is 1.14. The fourth-order valence-electron chi connectivity index (χ4n) is 3.69. The van der Waals surface area contributed by atoms with Crippen LogP contribution < -0.4 is 4.74 Å². The number of ether oxygens (including phenoxy) is 2. The Morgan fingerprint density at radius 1 is 1.45 bits per heavy atom. The number of para-hydroxylation sites is 1. The van der Waals surface area contributed by atoms with Crippen molar-refractivity contribution < 1.29 is 14.3 Å². The van der Waals surface area contributed by atoms with Crippen molar-refractivity contribution in [3.05, 3.63) is 29.8 Å². The van der Waals surface area contributed by atoms with Crippen molar-refractivity contribution in [2.45, 2.75) is 36.7 Å². The number of fused-ring (bicyclic) bond motifs is 1. The van der Waals surface area contributed by atoms with Gasteiger partial charge in [0.1, 0.15) is 5.75 Å². The molecule has 1 aromatic carbocycles. The van der Waals surface area contributed by atoms with Gasteiger partial charge in [0.25, 0.3) is 5.91 Å². The molecule has 0 unspecified atom stereocenters. The highest BCUT2D eigenvalue weighted by atomic mass is 32.2. The number of amides is 1. The van der Waals surface area contributed by atoms with Crippen molar-refractivity contribution in [1.29, 1.82) is 0 Å². The van der Waals surface area contributed by atoms with Crippen LogP contribution >= 0.6 is 11.8 Å². The van der Waals surface area contributed by atoms with Gasteiger partial charge in [-0.1, -0.05) is 18.2 Å². The highest BCUT2D eigenvalue weighted by Gasteiger charge is 2.52. The minimum atomic E-state index is -0.330. The molecule has 1 amide bonds. The summed E-state index contributed by atoms with van der Waals surface area (Å²) in [4.78, 5) is 14.6. The topological polar surface area (TPSA) is 38.8 Å². The predicted molar refractivity (Wildman–Crippen MR) is 86.4 cm³/mol. The molecule has 0 radical (unpaired) electrons. The van der Waals surface area contributed by atoms with E-state index >= 15 is 0 Å². The van der Waals surface area contributed by atoms with Crippen LogP contribution in [0.25, 0.3) is 0 Å². The largest absolute Gasteiger partial charge is 0.480 e. The van der Waals surface area contributed by atoms with E-state index in [0.717, 1.165) is 43.2 Å². The molecule has 2 saturated heterocycles. The van der Waals surface area contributed by atoms with Gasteiger partial charge in [-0.3, -0.25) is 4.79 Å². The number of thioether (sulfide) groups is 1. The Morgan fingerprint density at radius 3 is 3.05 bits per heavy atom. The molecule has 4 nitrogen and oxygen atoms in total. The second kappa shape index (κ2) is 5.46. The van der Waals surface area contributed by atoms with Crippen LogP contribution in [0.5, 0.6) is 5.75 Å². The van der Waals surface area contributed by atoms with Gasteiger partial charge in [-0.25, -0.2) is 0 Å². The Morgan fingerprint density at radius 2 is 2.27 bits per heavy atom. The normalized spacial score (nSPS) is 28.3. The highest BCUT2D eigenvalue weighted by Crippen LogP contribution is 2.46. The van der Waals surface area contributed by atoms with Crippen molar-refractivity contribution >= 4 is 17.7 Å². The number of carbonyl (C=O) groups is 1. The van der Waals surface area contributed by atoms with Crippen molar-refractivity contribution in [1.82, 2.24) is 4.90 Å². The van der Waals surface area contributed by atoms with Crippen LogP contribution in [0.15, 0.2) is 24.3 Å². The van der Waals surface area contributed by atoms with Crippen LogP contribution in [0.4, 0.5) is 0 Å². The average molecular weight is 319 g/mol. The summed E-state index contributed by atoms with van der Waals surface area (Å²) in [6, 6.07) is 7.93. The van der Waals surface area contributed by atoms with E-state index in [1.807, 2.05) is 47.9 Å². The Hall–Kier alpha value is -1.20. The molecular formula is C17H21NO3S. The maximum absolute atomic E-state index is 12.6. The third kappa shape index (κ3) is 2.40. The van der Waals surface area contributed by atoms with Crippen LogP contribution in [0.3, 0.4) is 0 Å². The minimum absolute atomic E-state index is 0.141. The molecule has 0 aromatic heterocycles. The summed E-state index contributed by atoms with van der Waals surface area (Å²) in [6.07, 6.45) is 1.80. The van der Waals surface area contributed by atoms with Gasteiger partial charge >= 0.3 is 0 Å². The number of hydrogen-bond donors (Lipinski definition) is 0. The molecule has 2 atom stereocenters. The first-order chi connectivity index (χ1) is 10.7. The summed E-state index contributed by atoms with van der Waals surface area (Å²) < 4.78 is 11.8. The van der Waals surface area contributed by atoms with E-state index in [1.54, 1.807) is 0 Å². The highest BCUT2D eigenvalue weighted by molar-refractivity contribution is 8.01. The lowest BCUT2D eigenvalue weighted by Gasteiger charge is -2.48. The van der Waals surface area contributed by atoms with E-state index < -0.39 is 0 Å². The molecule has 0 saturated carbocycles. The molecule has 118 valence electrons. The molecule has 3 aliphatic heterocycles. The van der Waals surface area contributed by atoms with Crippen LogP contribution in [0, 0.1) is 0 Å². The number of nitrogens with zero attached hydrogens (tertiary/aromatic N) is 1. The van der Waals surface area contributed by atoms with E-state index in [2.05, 4.69) is 0 Å². The van der Waals surface area contributed by atoms with Crippen LogP contribution in [0.1, 0.15) is 18.9 Å². The third-order valence-electron chi connectivity index (χ3n) is 4.77. The van der Waals surface area contributed by atoms with Gasteiger partial charge < -0.3 is 14.4 Å². The molecule has 3 heterocycles. The van der Waals surface area contributed by atoms with Crippen molar-refractivity contribution in [3.8, 4) is 5.75 Å². The van der Waals surface area contributed by atoms with E-state index in [9.17, 15) is 4.79 Å². The van der Waals surface area contributed by atoms with Gasteiger partial charge in [0.05, 0.1) is 10.9 Å². The van der Waals surface area contributed by atoms with Crippen molar-refractivity contribution in [2.75, 3.05) is 25.4 Å². The minimum Gasteiger partial charge on any atom is -0.480 e. The zero-order chi connectivity index (χ0) is 15.2. The first-order valence-corrected chi connectivity index (χ1v) is 8.96. The summed E-state index contributed by atoms with van der Waals surface area (Å²) in [6.45, 7) is 4.51. The molecular weight excluding hydrogens is 298 g/mol. The first-order valence-electron chi connectivity index (χ1n) is 7.98. The van der Waals surface area contributed by atoms with Gasteiger partial charge in [0.15, 0.2) is 6.10 Å². The van der Waals surface area contributed by atoms with Gasteiger partial charge in [0.2, 0.25) is 0 Å². The zero-order valence-corrected chi connectivity index (χ0v) is 13.6. The molecule has 5 heteroatoms. The lowest BCUT2D eigenvalue weighted by atomic mass is 9.92. The van der Waals surface area contributed by atoms with Gasteiger partial charge in [-0.2, -0.15) is 0 Å². The lowest BCUT2D eigenvalue weighted by Crippen LogP contribution is -2.63. The van der Waals surface area contributed by atoms with E-state index in [0.29, 0.717) is 12.5 Å². The number of likely N-dealkylation sites (tertiary alicyclic amines) is 1. The van der Waals surface area contributed by atoms with Crippen LogP contribution in [-0.4, -0.2) is 53.2 Å². The lowest BCUT2D eigenvalue weighted by molar-refractivity contribution is -0.143. The third-order valence-corrected chi connectivity index (χ3v) is 6.35. The maximum Gasteiger partial charge on any atom is 0.264 e. The summed E-state index contributed by atoms with van der Waals surface area (Å²) >= 11 is 1.97. The molecule has 1 aromatic rings. The Bertz CT molecular complexity index is 560. The summed E-state index contributed by atoms with van der Waals surface area (Å²) in [7, 11) is 0. The van der Waals surface area contributed by atoms with Gasteiger partial charge in [-0.05, 0) is 25.0 Å². The fraction of sp³-hybridized carbons (Fsp3) is 0.588. The number of carbonyl (C=O) groups excluding carboxylic acids is 1. The number of rotatable bonds is 3. The van der Waals surface area contributed by atoms with Crippen LogP contribution in [0.2, 0.25) is 0 Å². The molecule has 3 aliphatic rings. The van der Waals surface area contributed by atoms with Gasteiger partial charge in [0, 0.05) is 31.9 Å². The SMILES string of the molecule is CCO[C@H]1CSC2(C1)CN(C(=O)[C@@H]1Cc3ccccc3O1)C2. The number of benzene rings is 1. The van der Waals surface area contributed by atoms with Crippen LogP contribution in [-0.2, 0) is 16.0 Å². The predicted octanol–water partition coefficient (Wildman–Crippen LogP) is 2.11. The monoisotopic (exact) mass is 319 g/mol. The molecule has 0 N–H and O–H groups in total. The Balaban J connectivity index is 1.33. The quantitative estimate of drug-likeness (QED) is 0.855. The summed E-state index contributed by atoms with van der Waals surface area (Å²) in [5.74, 6) is 2.06. The number of hydrogen-bond acceptors (Lipinski definition) is 4. The second-order valence-electron chi connectivity index (χ2n) is 6.39. The summed E-state index contributed by atoms with van der Waals surface area (Å²) in [5, 5.41) is 0. The molecule has 1 spiro atoms. The van der Waals surface area contributed by atoms with E-state index in [1.165, 1.54) is 0 Å². The molecule has 4 rings (SSSR count). The Kier molecular flexibility index (Phi) is 3.57. The molecule has 0 bridgehead atoms. The van der Waals surface area contributed by atoms with Crippen molar-refractivity contribution in [3.63, 3.8) is 0 Å². The maximum atomic E-state index is 12.6. The fourth-order valence-corrected chi connectivity index (χ4v) is 5.25. The second-order valence-corrected chi connectivity index (χ2v) is 7.88. The van der Waals surface area contributed by atoms with Crippen molar-refractivity contribution in [2.24, 2.45) is 0 Å². The molecule has 22 heavy (non-hydrogen) atoms. The smallest absolute Gasteiger partial charge is 0.264 e. The van der Waals surface area contributed by atoms with E-state index in [4.69, 9.17) is 9.47 Å². The molecule has 2 fully saturated rings. The van der Waals surface area contributed by atoms with E-state index in [-0.39, 0.29) is 16.8 Å². The standard InChI is InChI=1S/C17H21NO3S/c1-2-20-13-8-17(22-9-13)10-18(11-17)16(19)15-7-12-5-3-4-6-14(12)21-15/h3-6,13,15H,2,7-11H2,1H3/t13-,15+/m1/s1. The van der Waals surface area contributed by atoms with Gasteiger partial charge in [-0.15, -0.1) is 11.8 Å². The first kappa shape index (κ1) is 14.4. The molecule has 0 aliphatic carbocycles.